The van der Waals surface area contributed by atoms with Crippen molar-refractivity contribution in [2.45, 2.75) is 38.6 Å². The van der Waals surface area contributed by atoms with Gasteiger partial charge in [-0.1, -0.05) is 18.5 Å². The fourth-order valence-electron chi connectivity index (χ4n) is 5.87. The molecular weight excluding hydrogens is 413 g/mol. The lowest BCUT2D eigenvalue weighted by molar-refractivity contribution is 0.0929. The summed E-state index contributed by atoms with van der Waals surface area (Å²) in [5, 5.41) is 5.88. The predicted molar refractivity (Wildman–Crippen MR) is 123 cm³/mol. The third-order valence-corrected chi connectivity index (χ3v) is 7.91. The van der Waals surface area contributed by atoms with Crippen molar-refractivity contribution < 1.29 is 4.39 Å². The third-order valence-electron chi connectivity index (χ3n) is 7.61. The molecule has 2 bridgehead atoms. The van der Waals surface area contributed by atoms with Crippen LogP contribution in [0.3, 0.4) is 0 Å². The standard InChI is InChI=1S/C24H25ClFN5/c1-12-13-3-5-14(6-4-13)20(12)28-22-16-7-8-31(2)24(16)30-23(29-22)18-11-27-21-17(18)9-15(26)10-19(21)25/h7-14,20,27H,3-6H2,1-2H3,(H,28,29,30). The highest BCUT2D eigenvalue weighted by Gasteiger charge is 2.41. The highest BCUT2D eigenvalue weighted by molar-refractivity contribution is 6.35. The van der Waals surface area contributed by atoms with Crippen molar-refractivity contribution in [3.63, 3.8) is 0 Å². The van der Waals surface area contributed by atoms with Crippen LogP contribution in [-0.4, -0.2) is 25.6 Å². The van der Waals surface area contributed by atoms with Gasteiger partial charge in [0, 0.05) is 36.4 Å². The van der Waals surface area contributed by atoms with Gasteiger partial charge in [0.25, 0.3) is 0 Å². The minimum atomic E-state index is -0.372. The van der Waals surface area contributed by atoms with Gasteiger partial charge in [-0.3, -0.25) is 0 Å². The Morgan fingerprint density at radius 3 is 2.68 bits per heavy atom. The van der Waals surface area contributed by atoms with E-state index in [9.17, 15) is 4.39 Å². The molecule has 0 saturated heterocycles. The maximum Gasteiger partial charge on any atom is 0.166 e. The molecule has 0 amide bonds. The van der Waals surface area contributed by atoms with Crippen molar-refractivity contribution in [3.8, 4) is 11.4 Å². The number of nitrogens with one attached hydrogen (secondary N) is 2. The summed E-state index contributed by atoms with van der Waals surface area (Å²) in [6.07, 6.45) is 9.11. The van der Waals surface area contributed by atoms with Gasteiger partial charge >= 0.3 is 0 Å². The number of fused-ring (bicyclic) bond motifs is 5. The van der Waals surface area contributed by atoms with Gasteiger partial charge in [0.2, 0.25) is 0 Å². The quantitative estimate of drug-likeness (QED) is 0.404. The topological polar surface area (TPSA) is 58.5 Å². The average Bonchev–Trinajstić information content (AvgIpc) is 3.35. The average molecular weight is 438 g/mol. The Bertz CT molecular complexity index is 1300. The van der Waals surface area contributed by atoms with Crippen LogP contribution in [-0.2, 0) is 7.05 Å². The largest absolute Gasteiger partial charge is 0.366 e. The summed E-state index contributed by atoms with van der Waals surface area (Å²) >= 11 is 6.25. The van der Waals surface area contributed by atoms with E-state index in [1.54, 1.807) is 0 Å². The highest BCUT2D eigenvalue weighted by Crippen LogP contribution is 2.46. The van der Waals surface area contributed by atoms with Gasteiger partial charge in [0.05, 0.1) is 15.9 Å². The number of hydrogen-bond donors (Lipinski definition) is 2. The van der Waals surface area contributed by atoms with Crippen LogP contribution in [0.25, 0.3) is 33.3 Å². The molecule has 3 aliphatic rings. The molecule has 2 unspecified atom stereocenters. The molecule has 0 radical (unpaired) electrons. The van der Waals surface area contributed by atoms with E-state index in [1.807, 2.05) is 24.0 Å². The Balaban J connectivity index is 1.49. The second-order valence-electron chi connectivity index (χ2n) is 9.28. The second-order valence-corrected chi connectivity index (χ2v) is 9.68. The normalized spacial score (nSPS) is 25.5. The molecule has 2 N–H and O–H groups in total. The molecule has 160 valence electrons. The lowest BCUT2D eigenvalue weighted by atomic mass is 9.62. The zero-order chi connectivity index (χ0) is 21.3. The number of halogens is 2. The van der Waals surface area contributed by atoms with E-state index in [4.69, 9.17) is 21.6 Å². The van der Waals surface area contributed by atoms with Crippen molar-refractivity contribution in [1.29, 1.82) is 0 Å². The summed E-state index contributed by atoms with van der Waals surface area (Å²) in [7, 11) is 1.99. The maximum absolute atomic E-state index is 14.1. The first kappa shape index (κ1) is 19.1. The first-order valence-corrected chi connectivity index (χ1v) is 11.4. The van der Waals surface area contributed by atoms with Crippen molar-refractivity contribution in [1.82, 2.24) is 19.5 Å². The van der Waals surface area contributed by atoms with Gasteiger partial charge in [-0.2, -0.15) is 0 Å². The molecule has 3 fully saturated rings. The molecular formula is C24H25ClFN5. The zero-order valence-electron chi connectivity index (χ0n) is 17.6. The van der Waals surface area contributed by atoms with E-state index in [-0.39, 0.29) is 5.82 Å². The molecule has 7 heteroatoms. The lowest BCUT2D eigenvalue weighted by Gasteiger charge is -2.47. The molecule has 3 saturated carbocycles. The van der Waals surface area contributed by atoms with Crippen LogP contribution >= 0.6 is 11.6 Å². The summed E-state index contributed by atoms with van der Waals surface area (Å²) in [6.45, 7) is 2.38. The Labute approximate surface area is 185 Å². The van der Waals surface area contributed by atoms with Gasteiger partial charge in [-0.25, -0.2) is 14.4 Å². The molecule has 4 aromatic rings. The zero-order valence-corrected chi connectivity index (χ0v) is 18.4. The van der Waals surface area contributed by atoms with Gasteiger partial charge in [0.1, 0.15) is 17.3 Å². The molecule has 1 aromatic carbocycles. The van der Waals surface area contributed by atoms with Crippen molar-refractivity contribution >= 4 is 39.4 Å². The molecule has 31 heavy (non-hydrogen) atoms. The summed E-state index contributed by atoms with van der Waals surface area (Å²) in [6, 6.07) is 5.30. The third kappa shape index (κ3) is 2.95. The SMILES string of the molecule is CC1C2CCC(CC2)C1Nc1nc(-c2c[nH]c3c(Cl)cc(F)cc23)nc2c1ccn2C. The molecule has 3 aromatic heterocycles. The first-order valence-electron chi connectivity index (χ1n) is 11.1. The predicted octanol–water partition coefficient (Wildman–Crippen LogP) is 6.15. The number of aromatic amines is 1. The number of benzene rings is 1. The van der Waals surface area contributed by atoms with Crippen molar-refractivity contribution in [3.05, 3.63) is 41.4 Å². The maximum atomic E-state index is 14.1. The van der Waals surface area contributed by atoms with E-state index in [0.717, 1.165) is 28.3 Å². The highest BCUT2D eigenvalue weighted by atomic mass is 35.5. The van der Waals surface area contributed by atoms with Gasteiger partial charge in [-0.15, -0.1) is 0 Å². The van der Waals surface area contributed by atoms with Crippen LogP contribution in [0, 0.1) is 23.6 Å². The summed E-state index contributed by atoms with van der Waals surface area (Å²) in [5.74, 6) is 3.18. The number of hydrogen-bond acceptors (Lipinski definition) is 3. The second kappa shape index (κ2) is 6.95. The summed E-state index contributed by atoms with van der Waals surface area (Å²) < 4.78 is 16.1. The van der Waals surface area contributed by atoms with Crippen LogP contribution in [0.5, 0.6) is 0 Å². The fraction of sp³-hybridized carbons (Fsp3) is 0.417. The summed E-state index contributed by atoms with van der Waals surface area (Å²) in [5.41, 5.74) is 2.31. The van der Waals surface area contributed by atoms with Crippen LogP contribution in [0.2, 0.25) is 5.02 Å². The van der Waals surface area contributed by atoms with Crippen LogP contribution < -0.4 is 5.32 Å². The Hall–Kier alpha value is -2.60. The lowest BCUT2D eigenvalue weighted by Crippen LogP contribution is -2.47. The molecule has 0 spiro atoms. The number of rotatable bonds is 3. The van der Waals surface area contributed by atoms with Gasteiger partial charge in [0.15, 0.2) is 5.82 Å². The molecule has 3 aliphatic carbocycles. The van der Waals surface area contributed by atoms with Gasteiger partial charge < -0.3 is 14.9 Å². The molecule has 2 atom stereocenters. The monoisotopic (exact) mass is 437 g/mol. The number of aryl methyl sites for hydroxylation is 1. The van der Waals surface area contributed by atoms with Crippen LogP contribution in [0.1, 0.15) is 32.6 Å². The smallest absolute Gasteiger partial charge is 0.166 e. The first-order chi connectivity index (χ1) is 15.0. The minimum absolute atomic E-state index is 0.353. The van der Waals surface area contributed by atoms with Crippen LogP contribution in [0.15, 0.2) is 30.6 Å². The van der Waals surface area contributed by atoms with E-state index < -0.39 is 0 Å². The number of H-pyrrole nitrogens is 1. The number of nitrogens with zero attached hydrogens (tertiary/aromatic N) is 3. The van der Waals surface area contributed by atoms with Gasteiger partial charge in [-0.05, 0) is 61.6 Å². The molecule has 0 aliphatic heterocycles. The Kier molecular flexibility index (Phi) is 4.29. The Morgan fingerprint density at radius 2 is 1.90 bits per heavy atom. The number of aromatic nitrogens is 4. The van der Waals surface area contributed by atoms with Crippen molar-refractivity contribution in [2.24, 2.45) is 24.8 Å². The van der Waals surface area contributed by atoms with Crippen LogP contribution in [0.4, 0.5) is 10.2 Å². The van der Waals surface area contributed by atoms with E-state index >= 15 is 0 Å². The van der Waals surface area contributed by atoms with Crippen molar-refractivity contribution in [2.75, 3.05) is 5.32 Å². The fourth-order valence-corrected chi connectivity index (χ4v) is 6.13. The molecule has 7 rings (SSSR count). The summed E-state index contributed by atoms with van der Waals surface area (Å²) in [4.78, 5) is 13.0. The number of anilines is 1. The van der Waals surface area contributed by atoms with E-state index in [1.165, 1.54) is 37.8 Å². The minimum Gasteiger partial charge on any atom is -0.366 e. The molecule has 3 heterocycles. The van der Waals surface area contributed by atoms with E-state index in [0.29, 0.717) is 39.6 Å². The molecule has 5 nitrogen and oxygen atoms in total. The Morgan fingerprint density at radius 1 is 1.13 bits per heavy atom. The van der Waals surface area contributed by atoms with E-state index in [2.05, 4.69) is 23.3 Å².